The molecule has 0 spiro atoms. The van der Waals surface area contributed by atoms with Crippen LogP contribution >= 0.6 is 27.5 Å². The minimum Gasteiger partial charge on any atom is -0.291 e. The molecule has 4 nitrogen and oxygen atoms in total. The molecule has 0 radical (unpaired) electrons. The van der Waals surface area contributed by atoms with Crippen LogP contribution in [0, 0.1) is 0 Å². The Bertz CT molecular complexity index is 794. The zero-order valence-electron chi connectivity index (χ0n) is 12.4. The van der Waals surface area contributed by atoms with E-state index in [1.165, 1.54) is 4.90 Å². The number of Topliss-reactive ketones (excluding diaryl/α,β-unsaturated/α-hetero) is 1. The summed E-state index contributed by atoms with van der Waals surface area (Å²) in [4.78, 5) is 27.8. The summed E-state index contributed by atoms with van der Waals surface area (Å²) in [5.74, 6) is -0.950. The van der Waals surface area contributed by atoms with Crippen molar-refractivity contribution < 1.29 is 9.59 Å². The highest BCUT2D eigenvalue weighted by Crippen LogP contribution is 2.31. The van der Waals surface area contributed by atoms with E-state index in [0.717, 1.165) is 10.0 Å². The minimum atomic E-state index is -0.490. The van der Waals surface area contributed by atoms with E-state index in [9.17, 15) is 9.59 Å². The minimum absolute atomic E-state index is 0.339. The van der Waals surface area contributed by atoms with Crippen molar-refractivity contribution in [2.45, 2.75) is 6.54 Å². The molecule has 0 aromatic heterocycles. The summed E-state index contributed by atoms with van der Waals surface area (Å²) >= 11 is 9.32. The number of carbonyl (C=O) groups is 2. The van der Waals surface area contributed by atoms with Gasteiger partial charge in [0.05, 0.1) is 17.9 Å². The molecule has 1 aliphatic heterocycles. The number of fused-ring (bicyclic) bond motifs is 1. The van der Waals surface area contributed by atoms with Crippen LogP contribution in [0.1, 0.15) is 15.9 Å². The Morgan fingerprint density at radius 2 is 1.96 bits per heavy atom. The maximum absolute atomic E-state index is 12.2. The molecule has 1 aliphatic rings. The Kier molecular flexibility index (Phi) is 4.53. The monoisotopic (exact) mass is 392 g/mol. The topological polar surface area (TPSA) is 40.6 Å². The van der Waals surface area contributed by atoms with Gasteiger partial charge in [0.25, 0.3) is 5.78 Å². The van der Waals surface area contributed by atoms with Crippen LogP contribution in [0.4, 0.5) is 5.69 Å². The number of hydrogen-bond donors (Lipinski definition) is 0. The van der Waals surface area contributed by atoms with Gasteiger partial charge in [-0.2, -0.15) is 0 Å². The number of amides is 1. The van der Waals surface area contributed by atoms with Gasteiger partial charge in [-0.15, -0.1) is 0 Å². The third-order valence-corrected chi connectivity index (χ3v) is 4.39. The second-order valence-electron chi connectivity index (χ2n) is 5.51. The normalized spacial score (nSPS) is 13.8. The number of halogens is 2. The Hall–Kier alpha value is -1.69. The summed E-state index contributed by atoms with van der Waals surface area (Å²) < 4.78 is 0.784. The molecule has 2 aromatic carbocycles. The lowest BCUT2D eigenvalue weighted by Gasteiger charge is -2.24. The molecular weight excluding hydrogens is 380 g/mol. The molecule has 0 saturated heterocycles. The van der Waals surface area contributed by atoms with Crippen molar-refractivity contribution in [2.24, 2.45) is 0 Å². The number of hydrogen-bond acceptors (Lipinski definition) is 3. The third kappa shape index (κ3) is 3.32. The molecule has 6 heteroatoms. The average Bonchev–Trinajstić information content (AvgIpc) is 2.72. The molecule has 3 rings (SSSR count). The van der Waals surface area contributed by atoms with Gasteiger partial charge in [0.2, 0.25) is 0 Å². The van der Waals surface area contributed by atoms with Crippen molar-refractivity contribution in [3.63, 3.8) is 0 Å². The molecule has 0 atom stereocenters. The Balaban J connectivity index is 1.78. The Labute approximate surface area is 147 Å². The van der Waals surface area contributed by atoms with Crippen molar-refractivity contribution in [1.82, 2.24) is 4.90 Å². The first-order valence-electron chi connectivity index (χ1n) is 7.04. The van der Waals surface area contributed by atoms with Gasteiger partial charge in [0, 0.05) is 16.0 Å². The van der Waals surface area contributed by atoms with Crippen molar-refractivity contribution in [3.05, 3.63) is 63.1 Å². The number of carbonyl (C=O) groups excluding carboxylic acids is 2. The fourth-order valence-corrected chi connectivity index (χ4v) is 3.23. The first kappa shape index (κ1) is 16.2. The SMILES string of the molecule is CN(Cc1cccc(Cl)c1)CN1C(=O)C(=O)c2cc(Br)ccc21. The van der Waals surface area contributed by atoms with Crippen LogP contribution in [0.5, 0.6) is 0 Å². The molecule has 1 heterocycles. The van der Waals surface area contributed by atoms with Gasteiger partial charge in [0.15, 0.2) is 0 Å². The van der Waals surface area contributed by atoms with E-state index in [1.54, 1.807) is 12.1 Å². The lowest BCUT2D eigenvalue weighted by molar-refractivity contribution is -0.114. The molecule has 0 fully saturated rings. The lowest BCUT2D eigenvalue weighted by atomic mass is 10.1. The first-order chi connectivity index (χ1) is 11.0. The van der Waals surface area contributed by atoms with Crippen molar-refractivity contribution in [1.29, 1.82) is 0 Å². The van der Waals surface area contributed by atoms with E-state index < -0.39 is 11.7 Å². The largest absolute Gasteiger partial charge is 0.300 e. The van der Waals surface area contributed by atoms with E-state index in [1.807, 2.05) is 42.3 Å². The molecule has 0 unspecified atom stereocenters. The summed E-state index contributed by atoms with van der Waals surface area (Å²) in [5, 5.41) is 0.679. The van der Waals surface area contributed by atoms with E-state index in [0.29, 0.717) is 29.5 Å². The predicted molar refractivity (Wildman–Crippen MR) is 93.7 cm³/mol. The molecule has 0 aliphatic carbocycles. The van der Waals surface area contributed by atoms with E-state index in [4.69, 9.17) is 11.6 Å². The van der Waals surface area contributed by atoms with Crippen LogP contribution in [0.25, 0.3) is 0 Å². The van der Waals surface area contributed by atoms with E-state index in [2.05, 4.69) is 15.9 Å². The lowest BCUT2D eigenvalue weighted by Crippen LogP contribution is -2.38. The van der Waals surface area contributed by atoms with Crippen molar-refractivity contribution in [2.75, 3.05) is 18.6 Å². The summed E-state index contributed by atoms with van der Waals surface area (Å²) in [7, 11) is 1.90. The highest BCUT2D eigenvalue weighted by molar-refractivity contribution is 9.10. The zero-order valence-corrected chi connectivity index (χ0v) is 14.8. The summed E-state index contributed by atoms with van der Waals surface area (Å²) in [5.41, 5.74) is 2.15. The quantitative estimate of drug-likeness (QED) is 0.743. The maximum atomic E-state index is 12.2. The molecule has 2 aromatic rings. The zero-order chi connectivity index (χ0) is 16.6. The van der Waals surface area contributed by atoms with Gasteiger partial charge in [-0.05, 0) is 42.9 Å². The highest BCUT2D eigenvalue weighted by atomic mass is 79.9. The molecular formula is C17H14BrClN2O2. The number of benzene rings is 2. The molecule has 23 heavy (non-hydrogen) atoms. The fraction of sp³-hybridized carbons (Fsp3) is 0.176. The standard InChI is InChI=1S/C17H14BrClN2O2/c1-20(9-11-3-2-4-13(19)7-11)10-21-15-6-5-12(18)8-14(15)16(22)17(21)23/h2-8H,9-10H2,1H3. The molecule has 118 valence electrons. The second-order valence-corrected chi connectivity index (χ2v) is 6.86. The summed E-state index contributed by atoms with van der Waals surface area (Å²) in [6.07, 6.45) is 0. The third-order valence-electron chi connectivity index (χ3n) is 3.66. The van der Waals surface area contributed by atoms with E-state index >= 15 is 0 Å². The second kappa shape index (κ2) is 6.43. The number of rotatable bonds is 4. The van der Waals surface area contributed by atoms with Crippen LogP contribution in [0.3, 0.4) is 0 Å². The molecule has 0 saturated carbocycles. The van der Waals surface area contributed by atoms with Crippen LogP contribution in [-0.4, -0.2) is 30.3 Å². The Morgan fingerprint density at radius 3 is 2.70 bits per heavy atom. The molecule has 0 bridgehead atoms. The first-order valence-corrected chi connectivity index (χ1v) is 8.21. The average molecular weight is 394 g/mol. The molecule has 1 amide bonds. The van der Waals surface area contributed by atoms with Crippen LogP contribution in [-0.2, 0) is 11.3 Å². The molecule has 0 N–H and O–H groups in total. The van der Waals surface area contributed by atoms with Gasteiger partial charge < -0.3 is 0 Å². The number of anilines is 1. The smallest absolute Gasteiger partial charge is 0.291 e. The van der Waals surface area contributed by atoms with Gasteiger partial charge in [-0.25, -0.2) is 0 Å². The van der Waals surface area contributed by atoms with Crippen LogP contribution in [0.15, 0.2) is 46.9 Å². The van der Waals surface area contributed by atoms with E-state index in [-0.39, 0.29) is 0 Å². The summed E-state index contributed by atoms with van der Waals surface area (Å²) in [6.45, 7) is 0.968. The predicted octanol–water partition coefficient (Wildman–Crippen LogP) is 3.72. The van der Waals surface area contributed by atoms with Gasteiger partial charge >= 0.3 is 5.91 Å². The van der Waals surface area contributed by atoms with Gasteiger partial charge in [-0.3, -0.25) is 19.4 Å². The summed E-state index contributed by atoms with van der Waals surface area (Å²) in [6, 6.07) is 12.9. The van der Waals surface area contributed by atoms with Crippen LogP contribution in [0.2, 0.25) is 5.02 Å². The van der Waals surface area contributed by atoms with Crippen molar-refractivity contribution in [3.8, 4) is 0 Å². The van der Waals surface area contributed by atoms with Crippen molar-refractivity contribution >= 4 is 44.9 Å². The highest BCUT2D eigenvalue weighted by Gasteiger charge is 2.36. The maximum Gasteiger partial charge on any atom is 0.300 e. The fourth-order valence-electron chi connectivity index (χ4n) is 2.65. The van der Waals surface area contributed by atoms with Gasteiger partial charge in [0.1, 0.15) is 0 Å². The van der Waals surface area contributed by atoms with Gasteiger partial charge in [-0.1, -0.05) is 39.7 Å². The van der Waals surface area contributed by atoms with Crippen LogP contribution < -0.4 is 4.90 Å². The number of nitrogens with zero attached hydrogens (tertiary/aromatic N) is 2. The Morgan fingerprint density at radius 1 is 1.17 bits per heavy atom. The number of ketones is 1.